The Labute approximate surface area is 169 Å². The number of hydrogen-bond donors (Lipinski definition) is 1. The first-order valence-corrected chi connectivity index (χ1v) is 9.29. The van der Waals surface area contributed by atoms with Gasteiger partial charge in [0.05, 0.1) is 10.7 Å². The Morgan fingerprint density at radius 3 is 2.83 bits per heavy atom. The molecule has 1 N–H and O–H groups in total. The van der Waals surface area contributed by atoms with Crippen LogP contribution in [0.15, 0.2) is 28.8 Å². The van der Waals surface area contributed by atoms with Crippen LogP contribution in [0, 0.1) is 5.82 Å². The molecule has 0 aliphatic carbocycles. The molecule has 0 atom stereocenters. The minimum atomic E-state index is -1.07. The molecule has 2 aromatic heterocycles. The average molecular weight is 422 g/mol. The predicted octanol–water partition coefficient (Wildman–Crippen LogP) is 1.92. The minimum absolute atomic E-state index is 0.160. The Morgan fingerprint density at radius 2 is 2.00 bits per heavy atom. The summed E-state index contributed by atoms with van der Waals surface area (Å²) in [4.78, 5) is 15.8. The van der Waals surface area contributed by atoms with Crippen molar-refractivity contribution < 1.29 is 18.8 Å². The lowest BCUT2D eigenvalue weighted by molar-refractivity contribution is -0.138. The number of aliphatic carboxylic acids is 1. The molecule has 0 saturated carbocycles. The van der Waals surface area contributed by atoms with E-state index in [1.807, 2.05) is 9.80 Å². The van der Waals surface area contributed by atoms with Gasteiger partial charge in [0.25, 0.3) is 0 Å². The molecular formula is C17H17ClFN7O3. The molecule has 1 fully saturated rings. The minimum Gasteiger partial charge on any atom is -0.480 e. The van der Waals surface area contributed by atoms with Gasteiger partial charge in [0.1, 0.15) is 5.82 Å². The number of aromatic nitrogens is 5. The van der Waals surface area contributed by atoms with Gasteiger partial charge in [0, 0.05) is 32.2 Å². The van der Waals surface area contributed by atoms with Crippen molar-refractivity contribution in [2.45, 2.75) is 13.0 Å². The van der Waals surface area contributed by atoms with Crippen molar-refractivity contribution in [2.75, 3.05) is 36.0 Å². The Balaban J connectivity index is 1.45. The van der Waals surface area contributed by atoms with Gasteiger partial charge >= 0.3 is 5.97 Å². The highest BCUT2D eigenvalue weighted by Gasteiger charge is 2.21. The van der Waals surface area contributed by atoms with Gasteiger partial charge in [-0.2, -0.15) is 4.80 Å². The van der Waals surface area contributed by atoms with E-state index in [2.05, 4.69) is 20.6 Å². The van der Waals surface area contributed by atoms with Gasteiger partial charge in [-0.25, -0.2) is 4.39 Å². The second-order valence-corrected chi connectivity index (χ2v) is 6.92. The van der Waals surface area contributed by atoms with E-state index in [1.54, 1.807) is 12.1 Å². The van der Waals surface area contributed by atoms with E-state index in [1.165, 1.54) is 12.1 Å². The maximum atomic E-state index is 13.6. The lowest BCUT2D eigenvalue weighted by Crippen LogP contribution is -2.31. The molecular weight excluding hydrogens is 405 g/mol. The summed E-state index contributed by atoms with van der Waals surface area (Å²) in [6.45, 7) is 2.35. The molecule has 12 heteroatoms. The number of halogens is 2. The van der Waals surface area contributed by atoms with Crippen molar-refractivity contribution in [1.29, 1.82) is 0 Å². The fourth-order valence-corrected chi connectivity index (χ4v) is 3.40. The number of nitrogens with zero attached hydrogens (tertiary/aromatic N) is 7. The second kappa shape index (κ2) is 8.03. The first kappa shape index (κ1) is 19.1. The number of carbonyl (C=O) groups is 1. The largest absolute Gasteiger partial charge is 0.480 e. The van der Waals surface area contributed by atoms with Crippen molar-refractivity contribution in [2.24, 2.45) is 0 Å². The zero-order valence-electron chi connectivity index (χ0n) is 15.2. The highest BCUT2D eigenvalue weighted by Crippen LogP contribution is 2.28. The zero-order valence-corrected chi connectivity index (χ0v) is 16.0. The number of tetrazole rings is 1. The Kier molecular flexibility index (Phi) is 5.30. The molecule has 1 aliphatic heterocycles. The maximum absolute atomic E-state index is 13.6. The highest BCUT2D eigenvalue weighted by atomic mass is 35.5. The first-order chi connectivity index (χ1) is 14.0. The summed E-state index contributed by atoms with van der Waals surface area (Å²) < 4.78 is 18.9. The fraction of sp³-hybridized carbons (Fsp3) is 0.353. The first-order valence-electron chi connectivity index (χ1n) is 8.91. The van der Waals surface area contributed by atoms with Crippen LogP contribution in [0.2, 0.25) is 5.02 Å². The molecule has 1 saturated heterocycles. The molecule has 3 heterocycles. The van der Waals surface area contributed by atoms with Crippen molar-refractivity contribution in [3.05, 3.63) is 35.1 Å². The van der Waals surface area contributed by atoms with E-state index >= 15 is 0 Å². The summed E-state index contributed by atoms with van der Waals surface area (Å²) in [6.07, 6.45) is 0.822. The smallest absolute Gasteiger partial charge is 0.327 e. The molecule has 0 bridgehead atoms. The molecule has 0 radical (unpaired) electrons. The van der Waals surface area contributed by atoms with Crippen LogP contribution in [0.3, 0.4) is 0 Å². The van der Waals surface area contributed by atoms with Crippen LogP contribution in [-0.2, 0) is 11.3 Å². The van der Waals surface area contributed by atoms with Gasteiger partial charge in [0.15, 0.2) is 12.4 Å². The molecule has 10 nitrogen and oxygen atoms in total. The standard InChI is InChI=1S/C17H17ClFN7O3/c18-12-3-2-11(19)8-13(12)24-4-1-5-25(7-6-24)15-9-14(29-22-15)17-20-23-26(21-17)10-16(27)28/h2-3,8-9H,1,4-7,10H2,(H,27,28). The summed E-state index contributed by atoms with van der Waals surface area (Å²) in [5.41, 5.74) is 0.675. The van der Waals surface area contributed by atoms with Crippen LogP contribution in [0.1, 0.15) is 6.42 Å². The molecule has 152 valence electrons. The third kappa shape index (κ3) is 4.29. The predicted molar refractivity (Wildman–Crippen MR) is 101 cm³/mol. The van der Waals surface area contributed by atoms with E-state index in [0.717, 1.165) is 24.3 Å². The van der Waals surface area contributed by atoms with Crippen LogP contribution in [0.25, 0.3) is 11.6 Å². The normalized spacial score (nSPS) is 14.8. The van der Waals surface area contributed by atoms with Crippen molar-refractivity contribution in [3.63, 3.8) is 0 Å². The van der Waals surface area contributed by atoms with E-state index in [0.29, 0.717) is 35.4 Å². The van der Waals surface area contributed by atoms with Crippen LogP contribution >= 0.6 is 11.6 Å². The zero-order chi connectivity index (χ0) is 20.4. The number of hydrogen-bond acceptors (Lipinski definition) is 8. The number of anilines is 2. The van der Waals surface area contributed by atoms with Crippen LogP contribution in [0.5, 0.6) is 0 Å². The Bertz CT molecular complexity index is 1020. The number of carboxylic acids is 1. The molecule has 4 rings (SSSR count). The fourth-order valence-electron chi connectivity index (χ4n) is 3.17. The molecule has 0 spiro atoms. The summed E-state index contributed by atoms with van der Waals surface area (Å²) in [5, 5.41) is 24.8. The number of carboxylic acid groups (broad SMARTS) is 1. The van der Waals surface area contributed by atoms with Gasteiger partial charge in [-0.15, -0.1) is 10.2 Å². The molecule has 1 aromatic carbocycles. The highest BCUT2D eigenvalue weighted by molar-refractivity contribution is 6.33. The van der Waals surface area contributed by atoms with Crippen LogP contribution in [-0.4, -0.2) is 62.6 Å². The van der Waals surface area contributed by atoms with Crippen molar-refractivity contribution in [1.82, 2.24) is 25.4 Å². The monoisotopic (exact) mass is 421 g/mol. The van der Waals surface area contributed by atoms with E-state index < -0.39 is 12.5 Å². The van der Waals surface area contributed by atoms with Gasteiger partial charge in [0.2, 0.25) is 11.6 Å². The topological polar surface area (TPSA) is 113 Å². The molecule has 29 heavy (non-hydrogen) atoms. The molecule has 1 aliphatic rings. The van der Waals surface area contributed by atoms with Crippen molar-refractivity contribution in [3.8, 4) is 11.6 Å². The van der Waals surface area contributed by atoms with E-state index in [4.69, 9.17) is 21.2 Å². The van der Waals surface area contributed by atoms with Crippen LogP contribution in [0.4, 0.5) is 15.9 Å². The summed E-state index contributed by atoms with van der Waals surface area (Å²) >= 11 is 6.23. The summed E-state index contributed by atoms with van der Waals surface area (Å²) in [5.74, 6) is -0.324. The van der Waals surface area contributed by atoms with Crippen molar-refractivity contribution >= 4 is 29.1 Å². The second-order valence-electron chi connectivity index (χ2n) is 6.51. The molecule has 0 amide bonds. The number of benzene rings is 1. The van der Waals surface area contributed by atoms with E-state index in [9.17, 15) is 9.18 Å². The SMILES string of the molecule is O=C(O)Cn1nnc(-c2cc(N3CCCN(c4cc(F)ccc4Cl)CC3)no2)n1. The quantitative estimate of drug-likeness (QED) is 0.659. The average Bonchev–Trinajstić information content (AvgIpc) is 3.28. The van der Waals surface area contributed by atoms with E-state index in [-0.39, 0.29) is 11.6 Å². The van der Waals surface area contributed by atoms with Crippen LogP contribution < -0.4 is 9.80 Å². The summed E-state index contributed by atoms with van der Waals surface area (Å²) in [7, 11) is 0. The van der Waals surface area contributed by atoms with Gasteiger partial charge < -0.3 is 19.4 Å². The lowest BCUT2D eigenvalue weighted by Gasteiger charge is -2.24. The third-order valence-corrected chi connectivity index (χ3v) is 4.84. The lowest BCUT2D eigenvalue weighted by atomic mass is 10.2. The van der Waals surface area contributed by atoms with Gasteiger partial charge in [-0.05, 0) is 29.8 Å². The number of rotatable bonds is 5. The Morgan fingerprint density at radius 1 is 1.21 bits per heavy atom. The van der Waals surface area contributed by atoms with Gasteiger partial charge in [-0.3, -0.25) is 4.79 Å². The molecule has 3 aromatic rings. The summed E-state index contributed by atoms with van der Waals surface area (Å²) in [6, 6.07) is 6.03. The Hall–Kier alpha value is -3.21. The molecule has 0 unspecified atom stereocenters. The third-order valence-electron chi connectivity index (χ3n) is 4.52. The van der Waals surface area contributed by atoms with Gasteiger partial charge in [-0.1, -0.05) is 16.8 Å². The maximum Gasteiger partial charge on any atom is 0.327 e.